The molecule has 0 spiro atoms. The second-order valence-electron chi connectivity index (χ2n) is 7.71. The van der Waals surface area contributed by atoms with Crippen molar-refractivity contribution in [2.75, 3.05) is 13.1 Å². The average molecular weight is 392 g/mol. The molecule has 5 nitrogen and oxygen atoms in total. The Bertz CT molecular complexity index is 842. The van der Waals surface area contributed by atoms with E-state index in [1.165, 1.54) is 12.1 Å². The molecule has 1 saturated carbocycles. The molecule has 8 heteroatoms. The first-order valence-corrected chi connectivity index (χ1v) is 9.49. The number of nitrogens with one attached hydrogen (secondary N) is 1. The number of benzene rings is 1. The number of carbonyl (C=O) groups is 1. The molecular formula is C20H23F3N4O. The zero-order valence-corrected chi connectivity index (χ0v) is 15.6. The van der Waals surface area contributed by atoms with Gasteiger partial charge in [-0.1, -0.05) is 12.1 Å². The van der Waals surface area contributed by atoms with Gasteiger partial charge in [0.25, 0.3) is 0 Å². The molecule has 4 rings (SSSR count). The number of nitrogens with zero attached hydrogens (tertiary/aromatic N) is 3. The summed E-state index contributed by atoms with van der Waals surface area (Å²) >= 11 is 0. The number of aryl methyl sites for hydroxylation is 1. The average Bonchev–Trinajstić information content (AvgIpc) is 3.20. The van der Waals surface area contributed by atoms with Crippen molar-refractivity contribution >= 4 is 5.91 Å². The maximum Gasteiger partial charge on any atom is 0.416 e. The fourth-order valence-electron chi connectivity index (χ4n) is 3.90. The number of hydrogen-bond donors (Lipinski definition) is 1. The van der Waals surface area contributed by atoms with Crippen LogP contribution in [0.25, 0.3) is 0 Å². The number of carbonyl (C=O) groups excluding carboxylic acids is 1. The summed E-state index contributed by atoms with van der Waals surface area (Å²) in [6, 6.07) is 5.29. The van der Waals surface area contributed by atoms with E-state index in [1.54, 1.807) is 10.9 Å². The zero-order valence-electron chi connectivity index (χ0n) is 15.6. The van der Waals surface area contributed by atoms with E-state index in [0.29, 0.717) is 13.1 Å². The molecule has 28 heavy (non-hydrogen) atoms. The van der Waals surface area contributed by atoms with E-state index in [-0.39, 0.29) is 23.8 Å². The number of amides is 1. The molecule has 2 aromatic rings. The van der Waals surface area contributed by atoms with Crippen LogP contribution in [0.1, 0.15) is 35.4 Å². The number of aromatic nitrogens is 2. The van der Waals surface area contributed by atoms with Crippen molar-refractivity contribution in [2.45, 2.75) is 37.5 Å². The fraction of sp³-hybridized carbons (Fsp3) is 0.500. The molecule has 1 saturated heterocycles. The molecule has 2 fully saturated rings. The van der Waals surface area contributed by atoms with Gasteiger partial charge in [0, 0.05) is 44.8 Å². The van der Waals surface area contributed by atoms with Gasteiger partial charge < -0.3 is 10.2 Å². The Labute approximate surface area is 161 Å². The molecule has 150 valence electrons. The van der Waals surface area contributed by atoms with Crippen LogP contribution in [-0.4, -0.2) is 39.7 Å². The number of halogens is 3. The molecule has 1 aliphatic heterocycles. The van der Waals surface area contributed by atoms with E-state index in [0.717, 1.165) is 42.6 Å². The summed E-state index contributed by atoms with van der Waals surface area (Å²) in [5.74, 6) is -0.0458. The van der Waals surface area contributed by atoms with Gasteiger partial charge >= 0.3 is 6.18 Å². The first-order valence-electron chi connectivity index (χ1n) is 9.49. The molecule has 0 radical (unpaired) electrons. The van der Waals surface area contributed by atoms with Gasteiger partial charge in [-0.25, -0.2) is 0 Å². The quantitative estimate of drug-likeness (QED) is 0.851. The Morgan fingerprint density at radius 2 is 1.96 bits per heavy atom. The van der Waals surface area contributed by atoms with Gasteiger partial charge in [-0.2, -0.15) is 18.3 Å². The van der Waals surface area contributed by atoms with E-state index in [1.807, 2.05) is 18.1 Å². The molecule has 2 atom stereocenters. The minimum absolute atomic E-state index is 0.0649. The molecular weight excluding hydrogens is 369 g/mol. The molecule has 2 aliphatic rings. The Morgan fingerprint density at radius 3 is 2.54 bits per heavy atom. The zero-order chi connectivity index (χ0) is 19.9. The van der Waals surface area contributed by atoms with Crippen LogP contribution >= 0.6 is 0 Å². The standard InChI is InChI=1S/C20H23F3N4O/c1-26-12-14(8-25-26)17-9-24-10-18(17)19(28)27(16-6-7-16)11-13-2-4-15(5-3-13)20(21,22)23/h2-5,8,12,16-18,24H,6-7,9-11H2,1H3/t17-,18+/m1/s1. The highest BCUT2D eigenvalue weighted by atomic mass is 19.4. The van der Waals surface area contributed by atoms with Crippen molar-refractivity contribution in [2.24, 2.45) is 13.0 Å². The van der Waals surface area contributed by atoms with Crippen molar-refractivity contribution in [3.05, 3.63) is 53.3 Å². The highest BCUT2D eigenvalue weighted by molar-refractivity contribution is 5.81. The first kappa shape index (κ1) is 19.0. The highest BCUT2D eigenvalue weighted by Crippen LogP contribution is 2.35. The third-order valence-corrected chi connectivity index (χ3v) is 5.59. The topological polar surface area (TPSA) is 50.2 Å². The maximum atomic E-state index is 13.3. The molecule has 2 heterocycles. The minimum Gasteiger partial charge on any atom is -0.335 e. The van der Waals surface area contributed by atoms with Gasteiger partial charge in [-0.3, -0.25) is 9.48 Å². The lowest BCUT2D eigenvalue weighted by atomic mass is 9.89. The van der Waals surface area contributed by atoms with Gasteiger partial charge in [0.15, 0.2) is 0 Å². The summed E-state index contributed by atoms with van der Waals surface area (Å²) in [5, 5.41) is 7.52. The van der Waals surface area contributed by atoms with Gasteiger partial charge in [0.2, 0.25) is 5.91 Å². The van der Waals surface area contributed by atoms with Crippen LogP contribution in [0.5, 0.6) is 0 Å². The van der Waals surface area contributed by atoms with Crippen molar-refractivity contribution < 1.29 is 18.0 Å². The van der Waals surface area contributed by atoms with E-state index in [9.17, 15) is 18.0 Å². The van der Waals surface area contributed by atoms with Crippen LogP contribution in [0.3, 0.4) is 0 Å². The smallest absolute Gasteiger partial charge is 0.335 e. The number of rotatable bonds is 5. The maximum absolute atomic E-state index is 13.3. The van der Waals surface area contributed by atoms with Gasteiger partial charge in [-0.15, -0.1) is 0 Å². The van der Waals surface area contributed by atoms with Gasteiger partial charge in [0.1, 0.15) is 0 Å². The van der Waals surface area contributed by atoms with Gasteiger partial charge in [0.05, 0.1) is 17.7 Å². The van der Waals surface area contributed by atoms with Crippen LogP contribution in [0.2, 0.25) is 0 Å². The number of alkyl halides is 3. The SMILES string of the molecule is Cn1cc([C@H]2CNC[C@@H]2C(=O)N(Cc2ccc(C(F)(F)F)cc2)C2CC2)cn1. The van der Waals surface area contributed by atoms with Crippen LogP contribution < -0.4 is 5.32 Å². The van der Waals surface area contributed by atoms with Crippen molar-refractivity contribution in [3.63, 3.8) is 0 Å². The Balaban J connectivity index is 1.50. The van der Waals surface area contributed by atoms with Crippen LogP contribution in [0.15, 0.2) is 36.7 Å². The lowest BCUT2D eigenvalue weighted by Gasteiger charge is -2.28. The van der Waals surface area contributed by atoms with E-state index >= 15 is 0 Å². The third-order valence-electron chi connectivity index (χ3n) is 5.59. The predicted octanol–water partition coefficient (Wildman–Crippen LogP) is 2.93. The Morgan fingerprint density at radius 1 is 1.25 bits per heavy atom. The highest BCUT2D eigenvalue weighted by Gasteiger charge is 2.41. The second kappa shape index (κ2) is 7.24. The number of hydrogen-bond acceptors (Lipinski definition) is 3. The molecule has 1 aliphatic carbocycles. The van der Waals surface area contributed by atoms with Crippen LogP contribution in [0.4, 0.5) is 13.2 Å². The monoisotopic (exact) mass is 392 g/mol. The first-order chi connectivity index (χ1) is 13.3. The van der Waals surface area contributed by atoms with Crippen molar-refractivity contribution in [3.8, 4) is 0 Å². The van der Waals surface area contributed by atoms with Crippen LogP contribution in [-0.2, 0) is 24.6 Å². The predicted molar refractivity (Wildman–Crippen MR) is 97.3 cm³/mol. The van der Waals surface area contributed by atoms with E-state index in [2.05, 4.69) is 10.4 Å². The summed E-state index contributed by atoms with van der Waals surface area (Å²) in [7, 11) is 1.85. The van der Waals surface area contributed by atoms with E-state index in [4.69, 9.17) is 0 Å². The minimum atomic E-state index is -4.35. The van der Waals surface area contributed by atoms with Crippen LogP contribution in [0, 0.1) is 5.92 Å². The Hall–Kier alpha value is -2.35. The molecule has 1 N–H and O–H groups in total. The third kappa shape index (κ3) is 3.92. The summed E-state index contributed by atoms with van der Waals surface area (Å²) in [4.78, 5) is 15.2. The van der Waals surface area contributed by atoms with E-state index < -0.39 is 11.7 Å². The normalized spacial score (nSPS) is 22.4. The summed E-state index contributed by atoms with van der Waals surface area (Å²) in [6.07, 6.45) is 1.29. The van der Waals surface area contributed by atoms with Gasteiger partial charge in [-0.05, 0) is 36.1 Å². The largest absolute Gasteiger partial charge is 0.416 e. The molecule has 0 unspecified atom stereocenters. The Kier molecular flexibility index (Phi) is 4.91. The lowest BCUT2D eigenvalue weighted by molar-refractivity contribution is -0.138. The molecule has 1 aromatic carbocycles. The summed E-state index contributed by atoms with van der Waals surface area (Å²) in [6.45, 7) is 1.67. The summed E-state index contributed by atoms with van der Waals surface area (Å²) in [5.41, 5.74) is 1.09. The van der Waals surface area contributed by atoms with Crippen molar-refractivity contribution in [1.29, 1.82) is 0 Å². The molecule has 1 aromatic heterocycles. The molecule has 0 bridgehead atoms. The fourth-order valence-corrected chi connectivity index (χ4v) is 3.90. The lowest BCUT2D eigenvalue weighted by Crippen LogP contribution is -2.39. The second-order valence-corrected chi connectivity index (χ2v) is 7.71. The van der Waals surface area contributed by atoms with Crippen molar-refractivity contribution in [1.82, 2.24) is 20.0 Å². The molecule has 1 amide bonds. The summed E-state index contributed by atoms with van der Waals surface area (Å²) < 4.78 is 40.1.